The average Bonchev–Trinajstić information content (AvgIpc) is 2.74. The Morgan fingerprint density at radius 3 is 2.37 bits per heavy atom. The molecule has 0 fully saturated rings. The van der Waals surface area contributed by atoms with E-state index in [9.17, 15) is 4.39 Å². The number of benzene rings is 3. The van der Waals surface area contributed by atoms with Gasteiger partial charge in [-0.1, -0.05) is 53.5 Å². The third kappa shape index (κ3) is 6.36. The lowest BCUT2D eigenvalue weighted by Crippen LogP contribution is -2.17. The third-order valence-electron chi connectivity index (χ3n) is 4.56. The Hall–Kier alpha value is -2.27. The van der Waals surface area contributed by atoms with Crippen molar-refractivity contribution >= 4 is 23.2 Å². The smallest absolute Gasteiger partial charge is 0.163 e. The molecule has 0 spiro atoms. The summed E-state index contributed by atoms with van der Waals surface area (Å²) in [7, 11) is 0. The Morgan fingerprint density at radius 2 is 1.63 bits per heavy atom. The van der Waals surface area contributed by atoms with Crippen LogP contribution in [0.25, 0.3) is 0 Å². The maximum atomic E-state index is 13.7. The monoisotopic (exact) mass is 447 g/mol. The molecule has 158 valence electrons. The minimum Gasteiger partial charge on any atom is -0.490 e. The van der Waals surface area contributed by atoms with E-state index in [1.54, 1.807) is 18.2 Å². The van der Waals surface area contributed by atoms with Crippen LogP contribution >= 0.6 is 23.2 Å². The highest BCUT2D eigenvalue weighted by atomic mass is 35.5. The second kappa shape index (κ2) is 11.2. The van der Waals surface area contributed by atoms with Gasteiger partial charge < -0.3 is 14.8 Å². The van der Waals surface area contributed by atoms with Gasteiger partial charge in [-0.15, -0.1) is 0 Å². The summed E-state index contributed by atoms with van der Waals surface area (Å²) < 4.78 is 25.4. The number of nitrogens with one attached hydrogen (secondary N) is 1. The summed E-state index contributed by atoms with van der Waals surface area (Å²) in [5.41, 5.74) is 2.58. The molecular formula is C24H24Cl2FNO2. The van der Waals surface area contributed by atoms with Gasteiger partial charge in [0.2, 0.25) is 0 Å². The molecule has 0 aliphatic rings. The highest BCUT2D eigenvalue weighted by Crippen LogP contribution is 2.34. The Bertz CT molecular complexity index is 964. The number of ether oxygens (including phenoxy) is 2. The Morgan fingerprint density at radius 1 is 0.900 bits per heavy atom. The van der Waals surface area contributed by atoms with Gasteiger partial charge in [-0.05, 0) is 60.8 Å². The Kier molecular flexibility index (Phi) is 8.38. The zero-order valence-electron chi connectivity index (χ0n) is 16.8. The molecule has 0 saturated heterocycles. The van der Waals surface area contributed by atoms with Gasteiger partial charge in [-0.25, -0.2) is 4.39 Å². The SMILES string of the molecule is CCOc1cc(CNCCc2ccccc2F)c(Cl)cc1OCc1ccc(Cl)cc1. The molecule has 0 bridgehead atoms. The van der Waals surface area contributed by atoms with Crippen LogP contribution < -0.4 is 14.8 Å². The number of rotatable bonds is 10. The second-order valence-electron chi connectivity index (χ2n) is 6.76. The molecule has 3 nitrogen and oxygen atoms in total. The van der Waals surface area contributed by atoms with Crippen molar-refractivity contribution in [3.8, 4) is 11.5 Å². The highest BCUT2D eigenvalue weighted by molar-refractivity contribution is 6.31. The van der Waals surface area contributed by atoms with Crippen molar-refractivity contribution in [1.29, 1.82) is 0 Å². The van der Waals surface area contributed by atoms with Crippen molar-refractivity contribution in [2.24, 2.45) is 0 Å². The first-order valence-corrected chi connectivity index (χ1v) is 10.6. The summed E-state index contributed by atoms with van der Waals surface area (Å²) in [5, 5.41) is 4.58. The Balaban J connectivity index is 1.61. The molecule has 0 atom stereocenters. The third-order valence-corrected chi connectivity index (χ3v) is 5.17. The molecular weight excluding hydrogens is 424 g/mol. The van der Waals surface area contributed by atoms with E-state index in [-0.39, 0.29) is 5.82 Å². The van der Waals surface area contributed by atoms with Crippen LogP contribution in [-0.4, -0.2) is 13.2 Å². The van der Waals surface area contributed by atoms with Crippen molar-refractivity contribution in [3.63, 3.8) is 0 Å². The zero-order chi connectivity index (χ0) is 21.3. The fourth-order valence-electron chi connectivity index (χ4n) is 2.98. The van der Waals surface area contributed by atoms with Gasteiger partial charge in [-0.3, -0.25) is 0 Å². The average molecular weight is 448 g/mol. The van der Waals surface area contributed by atoms with Gasteiger partial charge in [0.05, 0.1) is 6.61 Å². The molecule has 3 aromatic rings. The zero-order valence-corrected chi connectivity index (χ0v) is 18.3. The van der Waals surface area contributed by atoms with Crippen LogP contribution in [0.3, 0.4) is 0 Å². The van der Waals surface area contributed by atoms with Crippen molar-refractivity contribution < 1.29 is 13.9 Å². The summed E-state index contributed by atoms with van der Waals surface area (Å²) in [6.45, 7) is 4.00. The minimum atomic E-state index is -0.182. The molecule has 0 aliphatic carbocycles. The quantitative estimate of drug-likeness (QED) is 0.362. The van der Waals surface area contributed by atoms with Crippen LogP contribution in [0.5, 0.6) is 11.5 Å². The van der Waals surface area contributed by atoms with Crippen LogP contribution in [0.15, 0.2) is 60.7 Å². The summed E-state index contributed by atoms with van der Waals surface area (Å²) in [6, 6.07) is 17.9. The summed E-state index contributed by atoms with van der Waals surface area (Å²) in [4.78, 5) is 0. The minimum absolute atomic E-state index is 0.182. The number of halogens is 3. The van der Waals surface area contributed by atoms with E-state index in [1.165, 1.54) is 6.07 Å². The van der Waals surface area contributed by atoms with E-state index in [0.29, 0.717) is 59.8 Å². The maximum Gasteiger partial charge on any atom is 0.163 e. The van der Waals surface area contributed by atoms with Crippen LogP contribution in [0.2, 0.25) is 10.0 Å². The number of hydrogen-bond acceptors (Lipinski definition) is 3. The van der Waals surface area contributed by atoms with Crippen LogP contribution in [0.4, 0.5) is 4.39 Å². The molecule has 0 aliphatic heterocycles. The number of hydrogen-bond donors (Lipinski definition) is 1. The van der Waals surface area contributed by atoms with E-state index < -0.39 is 0 Å². The molecule has 3 aromatic carbocycles. The maximum absolute atomic E-state index is 13.7. The van der Waals surface area contributed by atoms with Gasteiger partial charge in [0.25, 0.3) is 0 Å². The van der Waals surface area contributed by atoms with E-state index in [0.717, 1.165) is 11.1 Å². The summed E-state index contributed by atoms with van der Waals surface area (Å²) >= 11 is 12.4. The van der Waals surface area contributed by atoms with Crippen LogP contribution in [0, 0.1) is 5.82 Å². The summed E-state index contributed by atoms with van der Waals surface area (Å²) in [6.07, 6.45) is 0.602. The van der Waals surface area contributed by atoms with E-state index >= 15 is 0 Å². The molecule has 1 N–H and O–H groups in total. The fraction of sp³-hybridized carbons (Fsp3) is 0.250. The van der Waals surface area contributed by atoms with Gasteiger partial charge in [-0.2, -0.15) is 0 Å². The predicted molar refractivity (Wildman–Crippen MR) is 120 cm³/mol. The molecule has 0 heterocycles. The first-order chi connectivity index (χ1) is 14.6. The second-order valence-corrected chi connectivity index (χ2v) is 7.60. The Labute approximate surface area is 186 Å². The van der Waals surface area contributed by atoms with Gasteiger partial charge in [0.1, 0.15) is 12.4 Å². The van der Waals surface area contributed by atoms with Gasteiger partial charge in [0.15, 0.2) is 11.5 Å². The molecule has 0 saturated carbocycles. The lowest BCUT2D eigenvalue weighted by Gasteiger charge is -2.15. The molecule has 0 amide bonds. The normalized spacial score (nSPS) is 10.8. The van der Waals surface area contributed by atoms with E-state index in [4.69, 9.17) is 32.7 Å². The molecule has 30 heavy (non-hydrogen) atoms. The fourth-order valence-corrected chi connectivity index (χ4v) is 3.33. The summed E-state index contributed by atoms with van der Waals surface area (Å²) in [5.74, 6) is 1.05. The first kappa shape index (κ1) is 22.4. The molecule has 6 heteroatoms. The lowest BCUT2D eigenvalue weighted by atomic mass is 10.1. The van der Waals surface area contributed by atoms with E-state index in [2.05, 4.69) is 5.32 Å². The first-order valence-electron chi connectivity index (χ1n) is 9.83. The molecule has 3 rings (SSSR count). The highest BCUT2D eigenvalue weighted by Gasteiger charge is 2.12. The predicted octanol–water partition coefficient (Wildman–Crippen LogP) is 6.44. The van der Waals surface area contributed by atoms with Crippen LogP contribution in [0.1, 0.15) is 23.6 Å². The topological polar surface area (TPSA) is 30.5 Å². The van der Waals surface area contributed by atoms with Crippen molar-refractivity contribution in [1.82, 2.24) is 5.32 Å². The largest absolute Gasteiger partial charge is 0.490 e. The van der Waals surface area contributed by atoms with Gasteiger partial charge >= 0.3 is 0 Å². The molecule has 0 unspecified atom stereocenters. The standard InChI is InChI=1S/C24H24Cl2FNO2/c1-2-29-23-13-19(15-28-12-11-18-5-3-4-6-22(18)27)21(26)14-24(23)30-16-17-7-9-20(25)10-8-17/h3-10,13-14,28H,2,11-12,15-16H2,1H3. The van der Waals surface area contributed by atoms with Crippen LogP contribution in [-0.2, 0) is 19.6 Å². The molecule has 0 aromatic heterocycles. The molecule has 0 radical (unpaired) electrons. The van der Waals surface area contributed by atoms with Crippen molar-refractivity contribution in [3.05, 3.63) is 93.2 Å². The lowest BCUT2D eigenvalue weighted by molar-refractivity contribution is 0.269. The van der Waals surface area contributed by atoms with Crippen molar-refractivity contribution in [2.45, 2.75) is 26.5 Å². The van der Waals surface area contributed by atoms with E-state index in [1.807, 2.05) is 43.3 Å². The van der Waals surface area contributed by atoms with Gasteiger partial charge in [0, 0.05) is 22.7 Å². The van der Waals surface area contributed by atoms with Crippen molar-refractivity contribution in [2.75, 3.05) is 13.2 Å².